The third kappa shape index (κ3) is 2.89. The molecule has 0 saturated heterocycles. The molecule has 0 fully saturated rings. The lowest BCUT2D eigenvalue weighted by Gasteiger charge is -2.10. The predicted octanol–water partition coefficient (Wildman–Crippen LogP) is 2.53. The molecule has 1 N–H and O–H groups in total. The van der Waals surface area contributed by atoms with Crippen LogP contribution in [0.3, 0.4) is 0 Å². The topological polar surface area (TPSA) is 33.5 Å². The van der Waals surface area contributed by atoms with Crippen LogP contribution in [0.1, 0.15) is 0 Å². The summed E-state index contributed by atoms with van der Waals surface area (Å²) in [6.07, 6.45) is 5.13. The third-order valence-corrected chi connectivity index (χ3v) is 3.63. The third-order valence-electron chi connectivity index (χ3n) is 2.10. The largest absolute Gasteiger partial charge is 0.383 e. The van der Waals surface area contributed by atoms with Crippen LogP contribution in [0.15, 0.2) is 18.2 Å². The number of rotatable bonds is 3. The second-order valence-electron chi connectivity index (χ2n) is 3.72. The normalized spacial score (nSPS) is 10.2. The zero-order chi connectivity index (χ0) is 12.2. The van der Waals surface area contributed by atoms with Crippen LogP contribution in [-0.2, 0) is 4.57 Å². The van der Waals surface area contributed by atoms with Crippen molar-refractivity contribution in [2.75, 3.05) is 25.2 Å². The second-order valence-corrected chi connectivity index (χ2v) is 6.94. The van der Waals surface area contributed by atoms with Gasteiger partial charge in [-0.25, -0.2) is 4.85 Å². The molecule has 0 bridgehead atoms. The van der Waals surface area contributed by atoms with Crippen molar-refractivity contribution in [2.24, 2.45) is 0 Å². The number of nitrogens with one attached hydrogen (secondary N) is 1. The van der Waals surface area contributed by atoms with E-state index in [0.29, 0.717) is 23.2 Å². The predicted molar refractivity (Wildman–Crippen MR) is 69.1 cm³/mol. The van der Waals surface area contributed by atoms with Gasteiger partial charge in [0.2, 0.25) is 5.69 Å². The van der Waals surface area contributed by atoms with E-state index in [4.69, 9.17) is 13.0 Å². The van der Waals surface area contributed by atoms with Gasteiger partial charge >= 0.3 is 0 Å². The molecule has 1 aromatic carbocycles. The van der Waals surface area contributed by atoms with Crippen LogP contribution in [-0.4, -0.2) is 19.9 Å². The maximum atomic E-state index is 11.9. The molecule has 1 rings (SSSR count). The standard InChI is InChI=1S/C12H13N2OP/c1-5-8-14-11-7-6-10(16(3,4)15)9-12(11)13-2/h1,6-7,9,14H,8H2,3-4H3. The van der Waals surface area contributed by atoms with E-state index in [0.717, 1.165) is 0 Å². The van der Waals surface area contributed by atoms with Gasteiger partial charge in [-0.3, -0.25) is 0 Å². The number of nitrogens with zero attached hydrogens (tertiary/aromatic N) is 1. The first-order chi connectivity index (χ1) is 7.49. The summed E-state index contributed by atoms with van der Waals surface area (Å²) >= 11 is 0. The number of hydrogen-bond donors (Lipinski definition) is 1. The molecule has 0 heterocycles. The van der Waals surface area contributed by atoms with E-state index in [-0.39, 0.29) is 0 Å². The molecule has 4 heteroatoms. The Hall–Kier alpha value is -1.70. The van der Waals surface area contributed by atoms with E-state index in [2.05, 4.69) is 16.1 Å². The van der Waals surface area contributed by atoms with Crippen LogP contribution in [0.2, 0.25) is 0 Å². The van der Waals surface area contributed by atoms with Crippen molar-refractivity contribution in [2.45, 2.75) is 0 Å². The Morgan fingerprint density at radius 2 is 2.25 bits per heavy atom. The molecule has 0 radical (unpaired) electrons. The summed E-state index contributed by atoms with van der Waals surface area (Å²) in [7, 11) is -2.32. The lowest BCUT2D eigenvalue weighted by Crippen LogP contribution is -2.04. The van der Waals surface area contributed by atoms with Crippen LogP contribution in [0.5, 0.6) is 0 Å². The molecule has 16 heavy (non-hydrogen) atoms. The van der Waals surface area contributed by atoms with Crippen molar-refractivity contribution in [1.29, 1.82) is 0 Å². The molecule has 0 atom stereocenters. The Kier molecular flexibility index (Phi) is 3.78. The van der Waals surface area contributed by atoms with Gasteiger partial charge in [0.15, 0.2) is 0 Å². The minimum Gasteiger partial charge on any atom is -0.383 e. The van der Waals surface area contributed by atoms with E-state index in [9.17, 15) is 4.57 Å². The minimum absolute atomic E-state index is 0.373. The molecule has 0 aromatic heterocycles. The number of benzene rings is 1. The first-order valence-corrected chi connectivity index (χ1v) is 7.33. The monoisotopic (exact) mass is 232 g/mol. The molecule has 0 saturated carbocycles. The fourth-order valence-corrected chi connectivity index (χ4v) is 2.11. The molecule has 0 amide bonds. The van der Waals surface area contributed by atoms with Crippen molar-refractivity contribution < 1.29 is 4.57 Å². The van der Waals surface area contributed by atoms with E-state index in [1.165, 1.54) is 0 Å². The molecule has 0 aliphatic carbocycles. The molecule has 3 nitrogen and oxygen atoms in total. The number of hydrogen-bond acceptors (Lipinski definition) is 2. The number of terminal acetylenes is 1. The average molecular weight is 232 g/mol. The van der Waals surface area contributed by atoms with Crippen LogP contribution in [0, 0.1) is 18.9 Å². The highest BCUT2D eigenvalue weighted by atomic mass is 31.2. The van der Waals surface area contributed by atoms with Gasteiger partial charge < -0.3 is 9.88 Å². The zero-order valence-electron chi connectivity index (χ0n) is 9.32. The SMILES string of the molecule is [C-]#[N+]c1cc(P(C)(C)=O)ccc1NCC#C. The molecule has 82 valence electrons. The van der Waals surface area contributed by atoms with E-state index < -0.39 is 7.14 Å². The lowest BCUT2D eigenvalue weighted by molar-refractivity contribution is 0.588. The summed E-state index contributed by atoms with van der Waals surface area (Å²) in [6.45, 7) is 10.8. The first-order valence-electron chi connectivity index (χ1n) is 4.73. The van der Waals surface area contributed by atoms with Crippen molar-refractivity contribution in [3.05, 3.63) is 29.6 Å². The second kappa shape index (κ2) is 4.88. The maximum Gasteiger partial charge on any atom is 0.210 e. The summed E-state index contributed by atoms with van der Waals surface area (Å²) in [5.41, 5.74) is 1.14. The Bertz CT molecular complexity index is 517. The quantitative estimate of drug-likeness (QED) is 0.493. The average Bonchev–Trinajstić information content (AvgIpc) is 2.24. The van der Waals surface area contributed by atoms with Gasteiger partial charge in [0.05, 0.1) is 13.1 Å². The fraction of sp³-hybridized carbons (Fsp3) is 0.250. The maximum absolute atomic E-state index is 11.9. The zero-order valence-corrected chi connectivity index (χ0v) is 10.2. The smallest absolute Gasteiger partial charge is 0.210 e. The van der Waals surface area contributed by atoms with E-state index in [1.807, 2.05) is 0 Å². The van der Waals surface area contributed by atoms with Gasteiger partial charge in [0.25, 0.3) is 0 Å². The van der Waals surface area contributed by atoms with Crippen LogP contribution < -0.4 is 10.6 Å². The first kappa shape index (κ1) is 12.4. The highest BCUT2D eigenvalue weighted by Crippen LogP contribution is 2.37. The molecule has 0 aliphatic heterocycles. The van der Waals surface area contributed by atoms with E-state index >= 15 is 0 Å². The minimum atomic E-state index is -2.32. The Balaban J connectivity index is 3.14. The van der Waals surface area contributed by atoms with Crippen molar-refractivity contribution in [3.63, 3.8) is 0 Å². The van der Waals surface area contributed by atoms with Gasteiger partial charge in [-0.15, -0.1) is 6.42 Å². The number of anilines is 1. The van der Waals surface area contributed by atoms with Crippen LogP contribution in [0.4, 0.5) is 11.4 Å². The molecular formula is C12H13N2OP. The van der Waals surface area contributed by atoms with Crippen LogP contribution >= 0.6 is 7.14 Å². The van der Waals surface area contributed by atoms with Crippen molar-refractivity contribution in [1.82, 2.24) is 0 Å². The Morgan fingerprint density at radius 3 is 2.75 bits per heavy atom. The molecule has 0 aliphatic rings. The summed E-state index contributed by atoms with van der Waals surface area (Å²) < 4.78 is 11.9. The van der Waals surface area contributed by atoms with Gasteiger partial charge in [-0.2, -0.15) is 0 Å². The van der Waals surface area contributed by atoms with Gasteiger partial charge in [-0.1, -0.05) is 12.0 Å². The molecule has 1 aromatic rings. The van der Waals surface area contributed by atoms with E-state index in [1.54, 1.807) is 31.5 Å². The highest BCUT2D eigenvalue weighted by molar-refractivity contribution is 7.70. The molecule has 0 unspecified atom stereocenters. The summed E-state index contributed by atoms with van der Waals surface area (Å²) in [4.78, 5) is 3.40. The van der Waals surface area contributed by atoms with Gasteiger partial charge in [0, 0.05) is 11.0 Å². The Labute approximate surface area is 96.1 Å². The molecule has 0 spiro atoms. The summed E-state index contributed by atoms with van der Waals surface area (Å²) in [5.74, 6) is 2.44. The summed E-state index contributed by atoms with van der Waals surface area (Å²) in [5, 5.41) is 3.67. The van der Waals surface area contributed by atoms with Gasteiger partial charge in [-0.05, 0) is 25.5 Å². The van der Waals surface area contributed by atoms with Crippen molar-refractivity contribution in [3.8, 4) is 12.3 Å². The van der Waals surface area contributed by atoms with Crippen LogP contribution in [0.25, 0.3) is 4.85 Å². The fourth-order valence-electron chi connectivity index (χ4n) is 1.24. The Morgan fingerprint density at radius 1 is 1.56 bits per heavy atom. The highest BCUT2D eigenvalue weighted by Gasteiger charge is 2.13. The molecular weight excluding hydrogens is 219 g/mol. The van der Waals surface area contributed by atoms with Crippen molar-refractivity contribution >= 4 is 23.8 Å². The summed E-state index contributed by atoms with van der Waals surface area (Å²) in [6, 6.07) is 5.18. The van der Waals surface area contributed by atoms with Gasteiger partial charge in [0.1, 0.15) is 7.14 Å². The lowest BCUT2D eigenvalue weighted by atomic mass is 10.2.